The van der Waals surface area contributed by atoms with Crippen LogP contribution < -0.4 is 4.74 Å². The quantitative estimate of drug-likeness (QED) is 0.703. The molecule has 0 radical (unpaired) electrons. The van der Waals surface area contributed by atoms with Crippen molar-refractivity contribution >= 4 is 22.9 Å². The van der Waals surface area contributed by atoms with Crippen LogP contribution in [0.4, 0.5) is 0 Å². The first-order valence-electron chi connectivity index (χ1n) is 6.87. The Balaban J connectivity index is 1.87. The zero-order valence-corrected chi connectivity index (χ0v) is 13.4. The van der Waals surface area contributed by atoms with Gasteiger partial charge in [0.15, 0.2) is 5.06 Å². The number of nitriles is 1. The lowest BCUT2D eigenvalue weighted by Gasteiger charge is -2.14. The fourth-order valence-electron chi connectivity index (χ4n) is 2.65. The molecule has 22 heavy (non-hydrogen) atoms. The maximum absolute atomic E-state index is 9.41. The Morgan fingerprint density at radius 3 is 3.09 bits per heavy atom. The molecule has 0 aromatic carbocycles. The van der Waals surface area contributed by atoms with Gasteiger partial charge in [0.05, 0.1) is 16.1 Å². The van der Waals surface area contributed by atoms with Crippen LogP contribution in [0.3, 0.4) is 0 Å². The summed E-state index contributed by atoms with van der Waals surface area (Å²) in [5.41, 5.74) is 4.23. The first-order chi connectivity index (χ1) is 10.8. The lowest BCUT2D eigenvalue weighted by Crippen LogP contribution is -2.00. The summed E-state index contributed by atoms with van der Waals surface area (Å²) in [7, 11) is 0. The molecule has 1 aliphatic carbocycles. The Morgan fingerprint density at radius 1 is 1.36 bits per heavy atom. The van der Waals surface area contributed by atoms with E-state index in [0.29, 0.717) is 0 Å². The molecule has 1 aliphatic rings. The first kappa shape index (κ1) is 13.4. The van der Waals surface area contributed by atoms with Crippen molar-refractivity contribution in [2.24, 2.45) is 0 Å². The largest absolute Gasteiger partial charge is 0.444 e. The molecule has 0 fully saturated rings. The van der Waals surface area contributed by atoms with E-state index in [1.807, 2.05) is 25.3 Å². The zero-order chi connectivity index (χ0) is 15.1. The van der Waals surface area contributed by atoms with E-state index >= 15 is 0 Å². The molecule has 3 heterocycles. The van der Waals surface area contributed by atoms with Gasteiger partial charge in [0, 0.05) is 12.4 Å². The van der Waals surface area contributed by atoms with Crippen LogP contribution in [0.1, 0.15) is 21.7 Å². The number of aromatic nitrogens is 2. The highest BCUT2D eigenvalue weighted by Crippen LogP contribution is 2.49. The van der Waals surface area contributed by atoms with Gasteiger partial charge >= 0.3 is 0 Å². The third-order valence-corrected chi connectivity index (χ3v) is 5.63. The average Bonchev–Trinajstić information content (AvgIpc) is 3.13. The molecular formula is C16H11N3OS2. The summed E-state index contributed by atoms with van der Waals surface area (Å²) < 4.78 is 10.4. The van der Waals surface area contributed by atoms with Crippen LogP contribution in [-0.2, 0) is 12.8 Å². The van der Waals surface area contributed by atoms with Crippen LogP contribution in [-0.4, -0.2) is 9.36 Å². The number of rotatable bonds is 2. The van der Waals surface area contributed by atoms with Gasteiger partial charge in [0.1, 0.15) is 16.7 Å². The van der Waals surface area contributed by atoms with Crippen LogP contribution in [0, 0.1) is 18.3 Å². The van der Waals surface area contributed by atoms with Crippen LogP contribution in [0.5, 0.6) is 10.8 Å². The van der Waals surface area contributed by atoms with E-state index in [4.69, 9.17) is 4.74 Å². The highest BCUT2D eigenvalue weighted by molar-refractivity contribution is 7.16. The maximum Gasteiger partial charge on any atom is 0.191 e. The molecule has 0 saturated carbocycles. The number of pyridine rings is 1. The third kappa shape index (κ3) is 2.02. The van der Waals surface area contributed by atoms with E-state index in [2.05, 4.69) is 15.4 Å². The van der Waals surface area contributed by atoms with Gasteiger partial charge in [-0.05, 0) is 54.6 Å². The molecule has 0 spiro atoms. The summed E-state index contributed by atoms with van der Waals surface area (Å²) in [6.45, 7) is 1.92. The van der Waals surface area contributed by atoms with E-state index < -0.39 is 0 Å². The van der Waals surface area contributed by atoms with E-state index in [0.717, 1.165) is 50.2 Å². The van der Waals surface area contributed by atoms with Gasteiger partial charge in [0.2, 0.25) is 0 Å². The molecule has 4 nitrogen and oxygen atoms in total. The minimum Gasteiger partial charge on any atom is -0.444 e. The van der Waals surface area contributed by atoms with E-state index in [9.17, 15) is 5.26 Å². The summed E-state index contributed by atoms with van der Waals surface area (Å²) in [6, 6.07) is 6.06. The van der Waals surface area contributed by atoms with Gasteiger partial charge in [-0.15, -0.1) is 0 Å². The monoisotopic (exact) mass is 325 g/mol. The molecular weight excluding hydrogens is 314 g/mol. The molecule has 108 valence electrons. The Hall–Kier alpha value is -2.23. The van der Waals surface area contributed by atoms with Gasteiger partial charge in [0.25, 0.3) is 0 Å². The van der Waals surface area contributed by atoms with Crippen molar-refractivity contribution in [3.8, 4) is 27.3 Å². The summed E-state index contributed by atoms with van der Waals surface area (Å²) in [4.78, 5) is 6.13. The summed E-state index contributed by atoms with van der Waals surface area (Å²) in [5.74, 6) is 0.729. The van der Waals surface area contributed by atoms with Gasteiger partial charge < -0.3 is 4.74 Å². The van der Waals surface area contributed by atoms with Crippen molar-refractivity contribution in [2.45, 2.75) is 19.8 Å². The van der Waals surface area contributed by atoms with Gasteiger partial charge in [-0.2, -0.15) is 5.26 Å². The standard InChI is InChI=1S/C16H11N3OS2/c1-9-12(3-2-6-18-9)20-16-14-11(13(7-17)21-16)5-4-10-8-19-22-15(10)14/h2-3,6,8H,4-5H2,1H3. The average molecular weight is 325 g/mol. The van der Waals surface area contributed by atoms with Crippen LogP contribution in [0.25, 0.3) is 10.4 Å². The summed E-state index contributed by atoms with van der Waals surface area (Å²) >= 11 is 2.89. The molecule has 0 bridgehead atoms. The molecule has 0 N–H and O–H groups in total. The fraction of sp³-hybridized carbons (Fsp3) is 0.188. The molecule has 3 aromatic rings. The lowest BCUT2D eigenvalue weighted by atomic mass is 9.93. The first-order valence-corrected chi connectivity index (χ1v) is 8.46. The number of nitrogens with zero attached hydrogens (tertiary/aromatic N) is 3. The van der Waals surface area contributed by atoms with Gasteiger partial charge in [-0.3, -0.25) is 4.98 Å². The van der Waals surface area contributed by atoms with Crippen LogP contribution in [0.15, 0.2) is 24.5 Å². The SMILES string of the molecule is Cc1ncccc1Oc1sc(C#N)c2c1-c1sncc1CC2. The Morgan fingerprint density at radius 2 is 2.27 bits per heavy atom. The molecule has 0 saturated heterocycles. The smallest absolute Gasteiger partial charge is 0.191 e. The van der Waals surface area contributed by atoms with Crippen LogP contribution >= 0.6 is 22.9 Å². The second kappa shape index (κ2) is 5.20. The highest BCUT2D eigenvalue weighted by Gasteiger charge is 2.28. The number of fused-ring (bicyclic) bond motifs is 3. The minimum atomic E-state index is 0.729. The zero-order valence-electron chi connectivity index (χ0n) is 11.8. The van der Waals surface area contributed by atoms with Crippen molar-refractivity contribution < 1.29 is 4.74 Å². The Labute approximate surface area is 135 Å². The molecule has 3 aromatic heterocycles. The third-order valence-electron chi connectivity index (χ3n) is 3.75. The lowest BCUT2D eigenvalue weighted by molar-refractivity contribution is 0.490. The van der Waals surface area contributed by atoms with Crippen molar-refractivity contribution in [3.63, 3.8) is 0 Å². The number of aryl methyl sites for hydroxylation is 2. The topological polar surface area (TPSA) is 58.8 Å². The number of thiophene rings is 1. The molecule has 0 amide bonds. The van der Waals surface area contributed by atoms with Crippen molar-refractivity contribution in [1.29, 1.82) is 5.26 Å². The van der Waals surface area contributed by atoms with Crippen LogP contribution in [0.2, 0.25) is 0 Å². The minimum absolute atomic E-state index is 0.729. The molecule has 0 aliphatic heterocycles. The second-order valence-corrected chi connectivity index (χ2v) is 6.84. The maximum atomic E-state index is 9.41. The number of ether oxygens (including phenoxy) is 1. The van der Waals surface area contributed by atoms with E-state index in [1.54, 1.807) is 6.20 Å². The predicted molar refractivity (Wildman–Crippen MR) is 86.6 cm³/mol. The van der Waals surface area contributed by atoms with Crippen molar-refractivity contribution in [2.75, 3.05) is 0 Å². The molecule has 0 atom stereocenters. The second-order valence-electron chi connectivity index (χ2n) is 5.05. The summed E-state index contributed by atoms with van der Waals surface area (Å²) in [5, 5.41) is 10.2. The number of hydrogen-bond acceptors (Lipinski definition) is 6. The fourth-order valence-corrected chi connectivity index (χ4v) is 4.60. The van der Waals surface area contributed by atoms with E-state index in [-0.39, 0.29) is 0 Å². The Bertz CT molecular complexity index is 904. The number of hydrogen-bond donors (Lipinski definition) is 0. The Kier molecular flexibility index (Phi) is 3.17. The van der Waals surface area contributed by atoms with Crippen molar-refractivity contribution in [3.05, 3.63) is 46.2 Å². The molecule has 0 unspecified atom stereocenters. The highest BCUT2D eigenvalue weighted by atomic mass is 32.1. The predicted octanol–water partition coefficient (Wildman–Crippen LogP) is 4.34. The van der Waals surface area contributed by atoms with Gasteiger partial charge in [-0.25, -0.2) is 4.37 Å². The van der Waals surface area contributed by atoms with Crippen molar-refractivity contribution in [1.82, 2.24) is 9.36 Å². The van der Waals surface area contributed by atoms with Gasteiger partial charge in [-0.1, -0.05) is 11.3 Å². The normalized spacial score (nSPS) is 12.4. The van der Waals surface area contributed by atoms with E-state index in [1.165, 1.54) is 28.4 Å². The molecule has 6 heteroatoms. The molecule has 4 rings (SSSR count). The summed E-state index contributed by atoms with van der Waals surface area (Å²) in [6.07, 6.45) is 5.48.